The minimum atomic E-state index is -0.800. The van der Waals surface area contributed by atoms with E-state index in [4.69, 9.17) is 9.47 Å². The number of unbranched alkanes of at least 4 members (excludes halogenated alkanes) is 9. The van der Waals surface area contributed by atoms with Crippen LogP contribution in [-0.4, -0.2) is 36.4 Å². The van der Waals surface area contributed by atoms with E-state index in [9.17, 15) is 14.7 Å². The molecule has 5 nitrogen and oxygen atoms in total. The summed E-state index contributed by atoms with van der Waals surface area (Å²) in [4.78, 5) is 24.1. The second-order valence-corrected chi connectivity index (χ2v) is 10.9. The van der Waals surface area contributed by atoms with Crippen molar-refractivity contribution >= 4 is 11.9 Å². The molecule has 0 saturated heterocycles. The lowest BCUT2D eigenvalue weighted by Gasteiger charge is -2.15. The first kappa shape index (κ1) is 40.3. The molecule has 0 heterocycles. The summed E-state index contributed by atoms with van der Waals surface area (Å²) in [5.41, 5.74) is 0. The minimum Gasteiger partial charge on any atom is -0.462 e. The van der Waals surface area contributed by atoms with Gasteiger partial charge in [0.05, 0.1) is 6.61 Å². The van der Waals surface area contributed by atoms with Crippen molar-refractivity contribution < 1.29 is 24.2 Å². The fraction of sp³-hybridized carbons (Fsp3) is 0.632. The Labute approximate surface area is 263 Å². The Morgan fingerprint density at radius 3 is 1.60 bits per heavy atom. The normalized spacial score (nSPS) is 13.1. The minimum absolute atomic E-state index is 0.102. The third kappa shape index (κ3) is 32.1. The average Bonchev–Trinajstić information content (AvgIpc) is 3.01. The predicted octanol–water partition coefficient (Wildman–Crippen LogP) is 10.2. The number of hydrogen-bond acceptors (Lipinski definition) is 5. The Morgan fingerprint density at radius 1 is 0.558 bits per heavy atom. The van der Waals surface area contributed by atoms with Gasteiger partial charge in [-0.25, -0.2) is 0 Å². The molecule has 0 saturated carbocycles. The molecule has 0 aromatic heterocycles. The van der Waals surface area contributed by atoms with Gasteiger partial charge in [-0.3, -0.25) is 9.59 Å². The molecule has 0 rings (SSSR count). The largest absolute Gasteiger partial charge is 0.462 e. The number of aliphatic hydroxyl groups excluding tert-OH is 1. The third-order valence-electron chi connectivity index (χ3n) is 6.73. The summed E-state index contributed by atoms with van der Waals surface area (Å²) in [5.74, 6) is -0.679. The number of ether oxygens (including phenoxy) is 2. The maximum absolute atomic E-state index is 12.1. The highest BCUT2D eigenvalue weighted by molar-refractivity contribution is 5.70. The van der Waals surface area contributed by atoms with Crippen molar-refractivity contribution in [3.63, 3.8) is 0 Å². The molecular weight excluding hydrogens is 536 g/mol. The molecule has 0 fully saturated rings. The lowest BCUT2D eigenvalue weighted by atomic mass is 10.1. The maximum Gasteiger partial charge on any atom is 0.306 e. The Bertz CT molecular complexity index is 818. The van der Waals surface area contributed by atoms with Gasteiger partial charge in [-0.2, -0.15) is 0 Å². The number of hydrogen-bond donors (Lipinski definition) is 1. The number of esters is 2. The fourth-order valence-electron chi connectivity index (χ4n) is 4.17. The van der Waals surface area contributed by atoms with Crippen LogP contribution in [0, 0.1) is 0 Å². The fourth-order valence-corrected chi connectivity index (χ4v) is 4.17. The molecule has 0 aliphatic carbocycles. The number of rotatable bonds is 29. The summed E-state index contributed by atoms with van der Waals surface area (Å²) in [5, 5.41) is 9.50. The van der Waals surface area contributed by atoms with Gasteiger partial charge in [0.15, 0.2) is 6.10 Å². The zero-order chi connectivity index (χ0) is 31.5. The van der Waals surface area contributed by atoms with Crippen molar-refractivity contribution in [3.05, 3.63) is 72.9 Å². The van der Waals surface area contributed by atoms with Gasteiger partial charge in [-0.15, -0.1) is 0 Å². The molecule has 0 bridgehead atoms. The maximum atomic E-state index is 12.1. The van der Waals surface area contributed by atoms with E-state index in [1.54, 1.807) is 0 Å². The van der Waals surface area contributed by atoms with Crippen molar-refractivity contribution in [2.45, 2.75) is 142 Å². The second kappa shape index (κ2) is 33.8. The highest BCUT2D eigenvalue weighted by Gasteiger charge is 2.15. The number of carbonyl (C=O) groups is 2. The molecule has 0 amide bonds. The van der Waals surface area contributed by atoms with Crippen molar-refractivity contribution in [2.75, 3.05) is 13.2 Å². The van der Waals surface area contributed by atoms with E-state index in [0.717, 1.165) is 64.2 Å². The van der Waals surface area contributed by atoms with Crippen molar-refractivity contribution in [1.82, 2.24) is 0 Å². The first-order valence-electron chi connectivity index (χ1n) is 17.0. The molecule has 0 unspecified atom stereocenters. The molecule has 0 spiro atoms. The van der Waals surface area contributed by atoms with Crippen LogP contribution in [-0.2, 0) is 19.1 Å². The van der Waals surface area contributed by atoms with E-state index < -0.39 is 6.10 Å². The van der Waals surface area contributed by atoms with E-state index in [1.165, 1.54) is 38.5 Å². The molecule has 0 aliphatic heterocycles. The number of allylic oxidation sites excluding steroid dienone is 12. The molecule has 0 aromatic carbocycles. The molecule has 43 heavy (non-hydrogen) atoms. The lowest BCUT2D eigenvalue weighted by Crippen LogP contribution is -2.28. The van der Waals surface area contributed by atoms with Gasteiger partial charge in [0.2, 0.25) is 0 Å². The van der Waals surface area contributed by atoms with E-state index in [1.807, 2.05) is 0 Å². The second-order valence-electron chi connectivity index (χ2n) is 10.9. The summed E-state index contributed by atoms with van der Waals surface area (Å²) in [6.45, 7) is 3.91. The van der Waals surface area contributed by atoms with E-state index in [2.05, 4.69) is 86.8 Å². The van der Waals surface area contributed by atoms with Crippen LogP contribution < -0.4 is 0 Å². The van der Waals surface area contributed by atoms with Crippen LogP contribution in [0.15, 0.2) is 72.9 Å². The average molecular weight is 599 g/mol. The highest BCUT2D eigenvalue weighted by atomic mass is 16.6. The summed E-state index contributed by atoms with van der Waals surface area (Å²) < 4.78 is 10.5. The SMILES string of the molecule is CC/C=C/C/C=C/C/C=C/C/C=C/C/C=C/CCCC(=O)OC[C@H](CO)OC(=O)CCCCCCC/C=C/CCCCC. The Hall–Kier alpha value is -2.66. The number of carbonyl (C=O) groups excluding carboxylic acids is 2. The van der Waals surface area contributed by atoms with Crippen molar-refractivity contribution in [3.8, 4) is 0 Å². The van der Waals surface area contributed by atoms with Crippen LogP contribution in [0.25, 0.3) is 0 Å². The van der Waals surface area contributed by atoms with E-state index in [0.29, 0.717) is 19.3 Å². The van der Waals surface area contributed by atoms with Crippen LogP contribution in [0.5, 0.6) is 0 Å². The van der Waals surface area contributed by atoms with E-state index in [-0.39, 0.29) is 25.2 Å². The van der Waals surface area contributed by atoms with Crippen LogP contribution in [0.2, 0.25) is 0 Å². The third-order valence-corrected chi connectivity index (χ3v) is 6.73. The van der Waals surface area contributed by atoms with Crippen molar-refractivity contribution in [1.29, 1.82) is 0 Å². The van der Waals surface area contributed by atoms with Crippen LogP contribution in [0.4, 0.5) is 0 Å². The van der Waals surface area contributed by atoms with Gasteiger partial charge < -0.3 is 14.6 Å². The van der Waals surface area contributed by atoms with Gasteiger partial charge in [-0.05, 0) is 77.0 Å². The first-order valence-corrected chi connectivity index (χ1v) is 17.0. The van der Waals surface area contributed by atoms with Gasteiger partial charge in [0.1, 0.15) is 6.61 Å². The van der Waals surface area contributed by atoms with E-state index >= 15 is 0 Å². The van der Waals surface area contributed by atoms with Crippen molar-refractivity contribution in [2.24, 2.45) is 0 Å². The van der Waals surface area contributed by atoms with Gasteiger partial charge >= 0.3 is 11.9 Å². The standard InChI is InChI=1S/C38H62O5/c1-3-5-7-9-11-13-15-17-18-19-20-21-23-24-26-28-30-32-37(40)42-35-36(34-39)43-38(41)33-31-29-27-25-22-16-14-12-10-8-6-4-2/h5,7,11-14,17-18,20-21,24,26,36,39H,3-4,6,8-10,15-16,19,22-23,25,27-35H2,1-2H3/b7-5+,13-11+,14-12+,18-17+,21-20+,26-24+/t36-/m0/s1. The lowest BCUT2D eigenvalue weighted by molar-refractivity contribution is -0.161. The van der Waals surface area contributed by atoms with Gasteiger partial charge in [0.25, 0.3) is 0 Å². The Morgan fingerprint density at radius 2 is 1.02 bits per heavy atom. The molecule has 0 aromatic rings. The Balaban J connectivity index is 3.74. The summed E-state index contributed by atoms with van der Waals surface area (Å²) in [7, 11) is 0. The molecule has 1 atom stereocenters. The van der Waals surface area contributed by atoms with Crippen LogP contribution >= 0.6 is 0 Å². The summed E-state index contributed by atoms with van der Waals surface area (Å²) in [6.07, 6.45) is 43.9. The zero-order valence-electron chi connectivity index (χ0n) is 27.4. The Kier molecular flexibility index (Phi) is 31.7. The highest BCUT2D eigenvalue weighted by Crippen LogP contribution is 2.10. The topological polar surface area (TPSA) is 72.8 Å². The zero-order valence-corrected chi connectivity index (χ0v) is 27.4. The summed E-state index contributed by atoms with van der Waals surface area (Å²) in [6, 6.07) is 0. The number of aliphatic hydroxyl groups is 1. The predicted molar refractivity (Wildman–Crippen MR) is 182 cm³/mol. The quantitative estimate of drug-likeness (QED) is 0.0527. The van der Waals surface area contributed by atoms with Gasteiger partial charge in [0, 0.05) is 12.8 Å². The molecule has 0 aliphatic rings. The molecule has 244 valence electrons. The molecule has 1 N–H and O–H groups in total. The summed E-state index contributed by atoms with van der Waals surface area (Å²) >= 11 is 0. The van der Waals surface area contributed by atoms with Crippen LogP contribution in [0.3, 0.4) is 0 Å². The molecule has 5 heteroatoms. The molecular formula is C38H62O5. The first-order chi connectivity index (χ1) is 21.1. The smallest absolute Gasteiger partial charge is 0.306 e. The van der Waals surface area contributed by atoms with Crippen LogP contribution in [0.1, 0.15) is 136 Å². The monoisotopic (exact) mass is 598 g/mol. The molecule has 0 radical (unpaired) electrons. The van der Waals surface area contributed by atoms with Gasteiger partial charge in [-0.1, -0.05) is 119 Å².